The monoisotopic (exact) mass is 356 g/mol. The SMILES string of the molecule is [O-]B([O-])[O-].[Pb+2].[Y+3]. The van der Waals surface area contributed by atoms with Gasteiger partial charge in [-0.15, -0.1) is 0 Å². The fourth-order valence-electron chi connectivity index (χ4n) is 0. The first-order valence-electron chi connectivity index (χ1n) is 0.707. The minimum Gasteiger partial charge on any atom is -0.907 e. The number of hydrogen-bond acceptors (Lipinski definition) is 3. The first-order valence-corrected chi connectivity index (χ1v) is 0.707. The summed E-state index contributed by atoms with van der Waals surface area (Å²) in [6, 6.07) is 0. The molecule has 0 saturated carbocycles. The van der Waals surface area contributed by atoms with E-state index >= 15 is 0 Å². The van der Waals surface area contributed by atoms with E-state index in [1.165, 1.54) is 0 Å². The van der Waals surface area contributed by atoms with E-state index in [0.29, 0.717) is 0 Å². The summed E-state index contributed by atoms with van der Waals surface area (Å²) < 4.78 is 0. The summed E-state index contributed by atoms with van der Waals surface area (Å²) in [6.45, 7) is 0. The van der Waals surface area contributed by atoms with Gasteiger partial charge in [0.05, 0.1) is 0 Å². The zero-order valence-corrected chi connectivity index (χ0v) is 9.61. The van der Waals surface area contributed by atoms with Crippen molar-refractivity contribution in [2.75, 3.05) is 0 Å². The molecule has 3 nitrogen and oxygen atoms in total. The molecule has 0 spiro atoms. The van der Waals surface area contributed by atoms with E-state index in [-0.39, 0.29) is 60.0 Å². The summed E-state index contributed by atoms with van der Waals surface area (Å²) in [5.74, 6) is 0. The summed E-state index contributed by atoms with van der Waals surface area (Å²) in [7, 11) is -2.92. The molecule has 26 valence electrons. The summed E-state index contributed by atoms with van der Waals surface area (Å²) >= 11 is 0. The van der Waals surface area contributed by atoms with Crippen molar-refractivity contribution in [3.63, 3.8) is 0 Å². The molecular formula is BO3PbY+2. The minimum atomic E-state index is -2.92. The van der Waals surface area contributed by atoms with Crippen LogP contribution in [0.25, 0.3) is 0 Å². The summed E-state index contributed by atoms with van der Waals surface area (Å²) in [5, 5.41) is 25.2. The van der Waals surface area contributed by atoms with E-state index in [9.17, 15) is 0 Å². The van der Waals surface area contributed by atoms with Gasteiger partial charge in [0.15, 0.2) is 0 Å². The molecule has 0 aromatic heterocycles. The van der Waals surface area contributed by atoms with Crippen molar-refractivity contribution in [1.29, 1.82) is 0 Å². The fourth-order valence-corrected chi connectivity index (χ4v) is 0. The molecule has 0 atom stereocenters. The molecule has 0 unspecified atom stereocenters. The predicted molar refractivity (Wildman–Crippen MR) is 11.5 cm³/mol. The molecule has 0 aromatic carbocycles. The molecule has 2 radical (unpaired) electrons. The van der Waals surface area contributed by atoms with Crippen LogP contribution in [-0.2, 0) is 32.7 Å². The van der Waals surface area contributed by atoms with Gasteiger partial charge >= 0.3 is 60.0 Å². The molecule has 6 heteroatoms. The average molecular weight is 355 g/mol. The van der Waals surface area contributed by atoms with Crippen LogP contribution in [0.3, 0.4) is 0 Å². The Morgan fingerprint density at radius 2 is 1.00 bits per heavy atom. The second-order valence-electron chi connectivity index (χ2n) is 0.289. The maximum Gasteiger partial charge on any atom is 3.00 e. The van der Waals surface area contributed by atoms with Crippen LogP contribution in [0.1, 0.15) is 0 Å². The summed E-state index contributed by atoms with van der Waals surface area (Å²) in [5.41, 5.74) is 0. The van der Waals surface area contributed by atoms with Gasteiger partial charge in [0, 0.05) is 0 Å². The first kappa shape index (κ1) is 15.7. The van der Waals surface area contributed by atoms with Crippen molar-refractivity contribution in [1.82, 2.24) is 0 Å². The molecule has 0 heterocycles. The standard InChI is InChI=1S/BO3.Pb.Y/c2-1(3)4;;/q-3;+2;+3. The Hall–Kier alpha value is 1.97. The number of rotatable bonds is 0. The van der Waals surface area contributed by atoms with Gasteiger partial charge in [0.2, 0.25) is 0 Å². The third-order valence-corrected chi connectivity index (χ3v) is 0. The van der Waals surface area contributed by atoms with Gasteiger partial charge in [-0.05, 0) is 0 Å². The number of hydrogen-bond donors (Lipinski definition) is 0. The van der Waals surface area contributed by atoms with E-state index in [2.05, 4.69) is 0 Å². The van der Waals surface area contributed by atoms with Crippen LogP contribution in [0.5, 0.6) is 0 Å². The maximum atomic E-state index is 8.42. The molecule has 0 bridgehead atoms. The molecule has 0 amide bonds. The van der Waals surface area contributed by atoms with E-state index in [1.807, 2.05) is 0 Å². The molecule has 0 aromatic rings. The molecule has 0 fully saturated rings. The Bertz CT molecular complexity index is 15.5. The quantitative estimate of drug-likeness (QED) is 0.413. The fraction of sp³-hybridized carbons (Fsp3) is 0. The van der Waals surface area contributed by atoms with Crippen LogP contribution in [0.4, 0.5) is 0 Å². The van der Waals surface area contributed by atoms with Crippen molar-refractivity contribution < 1.29 is 47.8 Å². The third-order valence-electron chi connectivity index (χ3n) is 0. The van der Waals surface area contributed by atoms with Gasteiger partial charge in [-0.25, -0.2) is 0 Å². The summed E-state index contributed by atoms with van der Waals surface area (Å²) in [6.07, 6.45) is 0. The zero-order valence-electron chi connectivity index (χ0n) is 2.88. The summed E-state index contributed by atoms with van der Waals surface area (Å²) in [4.78, 5) is 0. The smallest absolute Gasteiger partial charge is 0.907 e. The third kappa shape index (κ3) is 38.0. The normalized spacial score (nSPS) is 4.50. The second-order valence-corrected chi connectivity index (χ2v) is 0.289. The Labute approximate surface area is 81.4 Å². The van der Waals surface area contributed by atoms with Gasteiger partial charge in [-0.2, -0.15) is 0 Å². The Kier molecular flexibility index (Phi) is 26.3. The molecular weight excluding hydrogens is 355 g/mol. The van der Waals surface area contributed by atoms with Crippen LogP contribution in [0.15, 0.2) is 0 Å². The zero-order chi connectivity index (χ0) is 3.58. The van der Waals surface area contributed by atoms with Crippen LogP contribution in [-0.4, -0.2) is 34.6 Å². The first-order chi connectivity index (χ1) is 1.73. The van der Waals surface area contributed by atoms with Gasteiger partial charge in [0.25, 0.3) is 0 Å². The van der Waals surface area contributed by atoms with E-state index in [0.717, 1.165) is 0 Å². The van der Waals surface area contributed by atoms with Crippen molar-refractivity contribution in [2.24, 2.45) is 0 Å². The van der Waals surface area contributed by atoms with E-state index in [1.54, 1.807) is 0 Å². The Morgan fingerprint density at radius 3 is 1.00 bits per heavy atom. The van der Waals surface area contributed by atoms with Gasteiger partial charge in [-0.1, -0.05) is 0 Å². The molecule has 0 saturated heterocycles. The van der Waals surface area contributed by atoms with E-state index < -0.39 is 7.32 Å². The van der Waals surface area contributed by atoms with Crippen LogP contribution in [0.2, 0.25) is 0 Å². The molecule has 0 aliphatic heterocycles. The van der Waals surface area contributed by atoms with Crippen molar-refractivity contribution in [3.8, 4) is 0 Å². The second kappa shape index (κ2) is 10.1. The van der Waals surface area contributed by atoms with Crippen LogP contribution >= 0.6 is 0 Å². The van der Waals surface area contributed by atoms with Crippen LogP contribution in [0, 0.1) is 0 Å². The maximum absolute atomic E-state index is 8.42. The topological polar surface area (TPSA) is 69.2 Å². The van der Waals surface area contributed by atoms with Gasteiger partial charge in [0.1, 0.15) is 0 Å². The van der Waals surface area contributed by atoms with Crippen LogP contribution < -0.4 is 15.1 Å². The molecule has 0 aliphatic carbocycles. The molecule has 0 rings (SSSR count). The molecule has 0 aliphatic rings. The Morgan fingerprint density at radius 1 is 1.00 bits per heavy atom. The minimum absolute atomic E-state index is 0. The van der Waals surface area contributed by atoms with Crippen molar-refractivity contribution in [2.45, 2.75) is 0 Å². The molecule has 0 N–H and O–H groups in total. The Balaban J connectivity index is -0.0000000450. The largest absolute Gasteiger partial charge is 3.00 e. The van der Waals surface area contributed by atoms with Crippen molar-refractivity contribution >= 4 is 34.6 Å². The predicted octanol–water partition coefficient (Wildman–Crippen LogP) is -4.33. The molecule has 6 heavy (non-hydrogen) atoms. The van der Waals surface area contributed by atoms with Gasteiger partial charge < -0.3 is 15.1 Å². The van der Waals surface area contributed by atoms with Crippen molar-refractivity contribution in [3.05, 3.63) is 0 Å². The van der Waals surface area contributed by atoms with E-state index in [4.69, 9.17) is 15.1 Å². The average Bonchev–Trinajstić information content (AvgIpc) is 0.811. The van der Waals surface area contributed by atoms with Gasteiger partial charge in [-0.3, -0.25) is 7.32 Å².